The molecule has 4 N–H and O–H groups in total. The van der Waals surface area contributed by atoms with Gasteiger partial charge in [-0.3, -0.25) is 0 Å². The van der Waals surface area contributed by atoms with Crippen LogP contribution in [0.25, 0.3) is 0 Å². The molecule has 1 heterocycles. The minimum Gasteiger partial charge on any atom is -0.397 e. The predicted molar refractivity (Wildman–Crippen MR) is 69.3 cm³/mol. The monoisotopic (exact) mass is 274 g/mol. The molecule has 6 heteroatoms. The molecule has 0 aromatic heterocycles. The van der Waals surface area contributed by atoms with Crippen molar-refractivity contribution in [1.82, 2.24) is 0 Å². The van der Waals surface area contributed by atoms with Crippen LogP contribution in [0.5, 0.6) is 0 Å². The summed E-state index contributed by atoms with van der Waals surface area (Å²) in [5, 5.41) is 12.7. The first kappa shape index (κ1) is 13.4. The summed E-state index contributed by atoms with van der Waals surface area (Å²) in [5.41, 5.74) is 6.10. The first-order valence-corrected chi connectivity index (χ1v) is 6.15. The third kappa shape index (κ3) is 2.68. The average molecular weight is 275 g/mol. The summed E-state index contributed by atoms with van der Waals surface area (Å²) in [4.78, 5) is 0. The predicted octanol–water partition coefficient (Wildman–Crippen LogP) is 2.01. The lowest BCUT2D eigenvalue weighted by Gasteiger charge is -2.37. The Hall–Kier alpha value is -1.04. The van der Waals surface area contributed by atoms with Gasteiger partial charge in [-0.2, -0.15) is 0 Å². The Morgan fingerprint density at radius 1 is 1.44 bits per heavy atom. The molecule has 0 saturated carbocycles. The second kappa shape index (κ2) is 5.30. The zero-order chi connectivity index (χ0) is 13.2. The molecule has 1 aliphatic rings. The van der Waals surface area contributed by atoms with Crippen LogP contribution in [-0.4, -0.2) is 30.5 Å². The van der Waals surface area contributed by atoms with E-state index in [0.29, 0.717) is 37.4 Å². The van der Waals surface area contributed by atoms with Gasteiger partial charge < -0.3 is 20.9 Å². The molecule has 0 unspecified atom stereocenters. The highest BCUT2D eigenvalue weighted by Crippen LogP contribution is 2.31. The molecule has 1 saturated heterocycles. The SMILES string of the molecule is Nc1cc(Cl)c(F)cc1NC1(CO)CCOCC1. The summed E-state index contributed by atoms with van der Waals surface area (Å²) in [7, 11) is 0. The number of ether oxygens (including phenoxy) is 1. The third-order valence-corrected chi connectivity index (χ3v) is 3.53. The summed E-state index contributed by atoms with van der Waals surface area (Å²) < 4.78 is 18.7. The van der Waals surface area contributed by atoms with Crippen LogP contribution in [-0.2, 0) is 4.74 Å². The minimum absolute atomic E-state index is 0.0110. The second-order valence-corrected chi connectivity index (χ2v) is 4.94. The van der Waals surface area contributed by atoms with Crippen molar-refractivity contribution in [2.24, 2.45) is 0 Å². The van der Waals surface area contributed by atoms with Gasteiger partial charge in [0.05, 0.1) is 28.5 Å². The van der Waals surface area contributed by atoms with Gasteiger partial charge in [-0.25, -0.2) is 4.39 Å². The van der Waals surface area contributed by atoms with Crippen molar-refractivity contribution in [3.05, 3.63) is 23.0 Å². The molecule has 0 aliphatic carbocycles. The van der Waals surface area contributed by atoms with Crippen LogP contribution >= 0.6 is 11.6 Å². The Labute approximate surface area is 110 Å². The number of aliphatic hydroxyl groups is 1. The Morgan fingerprint density at radius 3 is 2.72 bits per heavy atom. The lowest BCUT2D eigenvalue weighted by Crippen LogP contribution is -2.47. The fraction of sp³-hybridized carbons (Fsp3) is 0.500. The van der Waals surface area contributed by atoms with Crippen molar-refractivity contribution in [3.63, 3.8) is 0 Å². The second-order valence-electron chi connectivity index (χ2n) is 4.53. The lowest BCUT2D eigenvalue weighted by molar-refractivity contribution is 0.0380. The van der Waals surface area contributed by atoms with Crippen molar-refractivity contribution in [2.45, 2.75) is 18.4 Å². The van der Waals surface area contributed by atoms with Crippen LogP contribution in [0, 0.1) is 5.82 Å². The van der Waals surface area contributed by atoms with Gasteiger partial charge in [-0.15, -0.1) is 0 Å². The van der Waals surface area contributed by atoms with E-state index in [1.54, 1.807) is 0 Å². The highest BCUT2D eigenvalue weighted by Gasteiger charge is 2.32. The van der Waals surface area contributed by atoms with E-state index >= 15 is 0 Å². The maximum atomic E-state index is 13.4. The maximum absolute atomic E-state index is 13.4. The standard InChI is InChI=1S/C12H16ClFN2O2/c13-8-5-10(15)11(6-9(8)14)16-12(7-17)1-3-18-4-2-12/h5-6,16-17H,1-4,7,15H2. The van der Waals surface area contributed by atoms with Crippen molar-refractivity contribution >= 4 is 23.0 Å². The van der Waals surface area contributed by atoms with Gasteiger partial charge >= 0.3 is 0 Å². The van der Waals surface area contributed by atoms with E-state index in [1.807, 2.05) is 0 Å². The third-order valence-electron chi connectivity index (χ3n) is 3.24. The molecule has 4 nitrogen and oxygen atoms in total. The quantitative estimate of drug-likeness (QED) is 0.738. The molecule has 0 spiro atoms. The molecule has 1 fully saturated rings. The molecule has 100 valence electrons. The fourth-order valence-corrected chi connectivity index (χ4v) is 2.21. The molecule has 0 bridgehead atoms. The number of halogens is 2. The van der Waals surface area contributed by atoms with E-state index in [2.05, 4.69) is 5.32 Å². The zero-order valence-electron chi connectivity index (χ0n) is 9.88. The van der Waals surface area contributed by atoms with E-state index in [1.165, 1.54) is 12.1 Å². The average Bonchev–Trinajstić information content (AvgIpc) is 2.37. The molecule has 0 amide bonds. The molecule has 2 rings (SSSR count). The number of rotatable bonds is 3. The molecular weight excluding hydrogens is 259 g/mol. The Morgan fingerprint density at radius 2 is 2.11 bits per heavy atom. The van der Waals surface area contributed by atoms with Gasteiger partial charge in [0.2, 0.25) is 0 Å². The van der Waals surface area contributed by atoms with Crippen molar-refractivity contribution < 1.29 is 14.2 Å². The van der Waals surface area contributed by atoms with Crippen molar-refractivity contribution in [1.29, 1.82) is 0 Å². The summed E-state index contributed by atoms with van der Waals surface area (Å²) in [6.45, 7) is 1.06. The normalized spacial score (nSPS) is 18.6. The first-order chi connectivity index (χ1) is 8.56. The molecule has 0 atom stereocenters. The van der Waals surface area contributed by atoms with Crippen LogP contribution in [0.4, 0.5) is 15.8 Å². The Balaban J connectivity index is 2.24. The van der Waals surface area contributed by atoms with Crippen LogP contribution in [0.2, 0.25) is 5.02 Å². The summed E-state index contributed by atoms with van der Waals surface area (Å²) in [6.07, 6.45) is 1.29. The van der Waals surface area contributed by atoms with E-state index in [0.717, 1.165) is 0 Å². The van der Waals surface area contributed by atoms with Crippen molar-refractivity contribution in [2.75, 3.05) is 30.9 Å². The highest BCUT2D eigenvalue weighted by atomic mass is 35.5. The van der Waals surface area contributed by atoms with E-state index in [9.17, 15) is 9.50 Å². The number of nitrogen functional groups attached to an aromatic ring is 1. The van der Waals surface area contributed by atoms with E-state index < -0.39 is 11.4 Å². The van der Waals surface area contributed by atoms with Gasteiger partial charge in [0.1, 0.15) is 5.82 Å². The lowest BCUT2D eigenvalue weighted by atomic mass is 9.90. The molecule has 1 aromatic carbocycles. The van der Waals surface area contributed by atoms with Gasteiger partial charge in [0.25, 0.3) is 0 Å². The number of nitrogens with one attached hydrogen (secondary N) is 1. The zero-order valence-corrected chi connectivity index (χ0v) is 10.6. The molecule has 0 radical (unpaired) electrons. The number of hydrogen-bond donors (Lipinski definition) is 3. The number of anilines is 2. The number of hydrogen-bond acceptors (Lipinski definition) is 4. The smallest absolute Gasteiger partial charge is 0.143 e. The first-order valence-electron chi connectivity index (χ1n) is 5.78. The molecule has 18 heavy (non-hydrogen) atoms. The molecular formula is C12H16ClFN2O2. The van der Waals surface area contributed by atoms with Crippen LogP contribution in [0.3, 0.4) is 0 Å². The summed E-state index contributed by atoms with van der Waals surface area (Å²) in [5.74, 6) is -0.534. The van der Waals surface area contributed by atoms with Crippen LogP contribution in [0.1, 0.15) is 12.8 Å². The van der Waals surface area contributed by atoms with Gasteiger partial charge in [-0.1, -0.05) is 11.6 Å². The molecule has 1 aromatic rings. The Bertz CT molecular complexity index is 436. The maximum Gasteiger partial charge on any atom is 0.143 e. The fourth-order valence-electron chi connectivity index (χ4n) is 2.04. The van der Waals surface area contributed by atoms with Gasteiger partial charge in [0.15, 0.2) is 0 Å². The summed E-state index contributed by atoms with van der Waals surface area (Å²) in [6, 6.07) is 2.62. The Kier molecular flexibility index (Phi) is 3.94. The number of benzene rings is 1. The van der Waals surface area contributed by atoms with E-state index in [-0.39, 0.29) is 11.6 Å². The van der Waals surface area contributed by atoms with Crippen LogP contribution in [0.15, 0.2) is 12.1 Å². The van der Waals surface area contributed by atoms with Gasteiger partial charge in [0, 0.05) is 19.3 Å². The van der Waals surface area contributed by atoms with Crippen molar-refractivity contribution in [3.8, 4) is 0 Å². The molecule has 1 aliphatic heterocycles. The summed E-state index contributed by atoms with van der Waals surface area (Å²) >= 11 is 5.65. The number of aliphatic hydroxyl groups excluding tert-OH is 1. The van der Waals surface area contributed by atoms with Gasteiger partial charge in [-0.05, 0) is 18.9 Å². The number of nitrogens with two attached hydrogens (primary N) is 1. The highest BCUT2D eigenvalue weighted by molar-refractivity contribution is 6.31. The topological polar surface area (TPSA) is 67.5 Å². The van der Waals surface area contributed by atoms with Crippen LogP contribution < -0.4 is 11.1 Å². The minimum atomic E-state index is -0.534. The largest absolute Gasteiger partial charge is 0.397 e. The van der Waals surface area contributed by atoms with E-state index in [4.69, 9.17) is 22.1 Å².